The molecule has 6 nitrogen and oxygen atoms in total. The lowest BCUT2D eigenvalue weighted by Crippen LogP contribution is -2.34. The molecule has 2 aromatic rings. The van der Waals surface area contributed by atoms with Crippen molar-refractivity contribution >= 4 is 11.9 Å². The number of nitrogens with one attached hydrogen (secondary N) is 1. The Labute approximate surface area is 163 Å². The molecule has 0 fully saturated rings. The number of carboxylic acid groups (broad SMARTS) is 1. The number of methoxy groups -OCH3 is 1. The molecule has 150 valence electrons. The fourth-order valence-electron chi connectivity index (χ4n) is 2.83. The minimum absolute atomic E-state index is 0.0181. The molecule has 0 aliphatic heterocycles. The highest BCUT2D eigenvalue weighted by atomic mass is 19.1. The van der Waals surface area contributed by atoms with Crippen molar-refractivity contribution in [3.8, 4) is 0 Å². The predicted octanol–water partition coefficient (Wildman–Crippen LogP) is 3.16. The topological polar surface area (TPSA) is 84.9 Å². The van der Waals surface area contributed by atoms with E-state index in [9.17, 15) is 19.1 Å². The molecule has 7 heteroatoms. The number of ether oxygens (including phenoxy) is 2. The van der Waals surface area contributed by atoms with E-state index >= 15 is 0 Å². The van der Waals surface area contributed by atoms with Gasteiger partial charge in [0.05, 0.1) is 19.8 Å². The number of aryl methyl sites for hydroxylation is 2. The van der Waals surface area contributed by atoms with E-state index in [4.69, 9.17) is 9.47 Å². The molecular weight excluding hydrogens is 365 g/mol. The Morgan fingerprint density at radius 1 is 1.11 bits per heavy atom. The first-order valence-electron chi connectivity index (χ1n) is 8.78. The van der Waals surface area contributed by atoms with Gasteiger partial charge in [-0.05, 0) is 37.6 Å². The highest BCUT2D eigenvalue weighted by Gasteiger charge is 2.23. The summed E-state index contributed by atoms with van der Waals surface area (Å²) < 4.78 is 24.1. The SMILES string of the molecule is COCCOCc1cc(C(=O)NC(C(=O)O)c2cc(C)cc(C)c2)ccc1F. The molecule has 0 radical (unpaired) electrons. The molecule has 28 heavy (non-hydrogen) atoms. The zero-order valence-electron chi connectivity index (χ0n) is 16.1. The maximum Gasteiger partial charge on any atom is 0.330 e. The summed E-state index contributed by atoms with van der Waals surface area (Å²) in [4.78, 5) is 24.3. The van der Waals surface area contributed by atoms with E-state index < -0.39 is 23.7 Å². The third-order valence-electron chi connectivity index (χ3n) is 4.10. The number of rotatable bonds is 9. The van der Waals surface area contributed by atoms with Crippen LogP contribution in [0.1, 0.15) is 38.7 Å². The number of hydrogen-bond donors (Lipinski definition) is 2. The second-order valence-electron chi connectivity index (χ2n) is 6.52. The van der Waals surface area contributed by atoms with E-state index in [0.29, 0.717) is 18.8 Å². The van der Waals surface area contributed by atoms with E-state index in [2.05, 4.69) is 5.32 Å². The van der Waals surface area contributed by atoms with E-state index in [1.807, 2.05) is 19.9 Å². The fourth-order valence-corrected chi connectivity index (χ4v) is 2.83. The van der Waals surface area contributed by atoms with Crippen molar-refractivity contribution in [1.82, 2.24) is 5.32 Å². The number of carbonyl (C=O) groups excluding carboxylic acids is 1. The summed E-state index contributed by atoms with van der Waals surface area (Å²) >= 11 is 0. The second-order valence-corrected chi connectivity index (χ2v) is 6.52. The van der Waals surface area contributed by atoms with Gasteiger partial charge in [-0.25, -0.2) is 9.18 Å². The predicted molar refractivity (Wildman–Crippen MR) is 102 cm³/mol. The van der Waals surface area contributed by atoms with E-state index in [-0.39, 0.29) is 17.7 Å². The van der Waals surface area contributed by atoms with Gasteiger partial charge in [0.15, 0.2) is 6.04 Å². The highest BCUT2D eigenvalue weighted by Crippen LogP contribution is 2.19. The lowest BCUT2D eigenvalue weighted by molar-refractivity contribution is -0.139. The van der Waals surface area contributed by atoms with Crippen LogP contribution in [0, 0.1) is 19.7 Å². The summed E-state index contributed by atoms with van der Waals surface area (Å²) in [5, 5.41) is 12.1. The van der Waals surface area contributed by atoms with E-state index in [1.165, 1.54) is 19.2 Å². The van der Waals surface area contributed by atoms with Gasteiger partial charge < -0.3 is 19.9 Å². The standard InChI is InChI=1S/C21H24FNO5/c1-13-8-14(2)10-16(9-13)19(21(25)26)23-20(24)15-4-5-18(22)17(11-15)12-28-7-6-27-3/h4-5,8-11,19H,6-7,12H2,1-3H3,(H,23,24)(H,25,26). The van der Waals surface area contributed by atoms with Crippen LogP contribution in [0.5, 0.6) is 0 Å². The molecule has 0 heterocycles. The van der Waals surface area contributed by atoms with Crippen molar-refractivity contribution in [2.75, 3.05) is 20.3 Å². The molecule has 2 aromatic carbocycles. The number of halogens is 1. The lowest BCUT2D eigenvalue weighted by Gasteiger charge is -2.17. The van der Waals surface area contributed by atoms with Crippen LogP contribution in [-0.2, 0) is 20.9 Å². The molecule has 0 aromatic heterocycles. The Morgan fingerprint density at radius 3 is 2.39 bits per heavy atom. The van der Waals surface area contributed by atoms with Crippen molar-refractivity contribution in [1.29, 1.82) is 0 Å². The van der Waals surface area contributed by atoms with Crippen molar-refractivity contribution < 1.29 is 28.6 Å². The van der Waals surface area contributed by atoms with Crippen molar-refractivity contribution in [2.24, 2.45) is 0 Å². The molecule has 0 saturated heterocycles. The van der Waals surface area contributed by atoms with Crippen LogP contribution in [0.2, 0.25) is 0 Å². The fraction of sp³-hybridized carbons (Fsp3) is 0.333. The number of carboxylic acids is 1. The van der Waals surface area contributed by atoms with Crippen LogP contribution >= 0.6 is 0 Å². The summed E-state index contributed by atoms with van der Waals surface area (Å²) in [6.45, 7) is 4.36. The van der Waals surface area contributed by atoms with Crippen LogP contribution in [0.4, 0.5) is 4.39 Å². The summed E-state index contributed by atoms with van der Waals surface area (Å²) in [5.41, 5.74) is 2.63. The number of benzene rings is 2. The molecule has 2 N–H and O–H groups in total. The molecule has 0 aliphatic rings. The third kappa shape index (κ3) is 5.87. The van der Waals surface area contributed by atoms with Crippen LogP contribution in [0.25, 0.3) is 0 Å². The molecule has 2 rings (SSSR count). The van der Waals surface area contributed by atoms with Gasteiger partial charge in [0.2, 0.25) is 0 Å². The summed E-state index contributed by atoms with van der Waals surface area (Å²) in [6, 6.07) is 7.97. The van der Waals surface area contributed by atoms with Crippen molar-refractivity contribution in [2.45, 2.75) is 26.5 Å². The zero-order chi connectivity index (χ0) is 20.7. The highest BCUT2D eigenvalue weighted by molar-refractivity contribution is 5.97. The average Bonchev–Trinajstić information content (AvgIpc) is 2.63. The number of amides is 1. The van der Waals surface area contributed by atoms with Gasteiger partial charge in [-0.15, -0.1) is 0 Å². The zero-order valence-corrected chi connectivity index (χ0v) is 16.1. The lowest BCUT2D eigenvalue weighted by atomic mass is 10.0. The Hall–Kier alpha value is -2.77. The van der Waals surface area contributed by atoms with Gasteiger partial charge in [0, 0.05) is 18.2 Å². The largest absolute Gasteiger partial charge is 0.479 e. The molecule has 1 unspecified atom stereocenters. The van der Waals surface area contributed by atoms with Gasteiger partial charge in [0.25, 0.3) is 5.91 Å². The third-order valence-corrected chi connectivity index (χ3v) is 4.10. The molecule has 0 spiro atoms. The molecule has 1 amide bonds. The van der Waals surface area contributed by atoms with Crippen LogP contribution in [0.3, 0.4) is 0 Å². The molecular formula is C21H24FNO5. The number of hydrogen-bond acceptors (Lipinski definition) is 4. The normalized spacial score (nSPS) is 11.9. The smallest absolute Gasteiger partial charge is 0.330 e. The Morgan fingerprint density at radius 2 is 1.79 bits per heavy atom. The van der Waals surface area contributed by atoms with Crippen LogP contribution in [-0.4, -0.2) is 37.3 Å². The number of carbonyl (C=O) groups is 2. The minimum atomic E-state index is -1.21. The first kappa shape index (κ1) is 21.5. The van der Waals surface area contributed by atoms with Crippen LogP contribution < -0.4 is 5.32 Å². The van der Waals surface area contributed by atoms with Crippen molar-refractivity contribution in [3.63, 3.8) is 0 Å². The van der Waals surface area contributed by atoms with Crippen LogP contribution in [0.15, 0.2) is 36.4 Å². The number of aliphatic carboxylic acids is 1. The maximum absolute atomic E-state index is 13.9. The molecule has 0 bridgehead atoms. The maximum atomic E-state index is 13.9. The van der Waals surface area contributed by atoms with Gasteiger partial charge in [-0.2, -0.15) is 0 Å². The van der Waals surface area contributed by atoms with Gasteiger partial charge in [-0.1, -0.05) is 29.3 Å². The monoisotopic (exact) mass is 389 g/mol. The van der Waals surface area contributed by atoms with Gasteiger partial charge in [-0.3, -0.25) is 4.79 Å². The first-order valence-corrected chi connectivity index (χ1v) is 8.78. The average molecular weight is 389 g/mol. The van der Waals surface area contributed by atoms with Crippen molar-refractivity contribution in [3.05, 3.63) is 70.0 Å². The Bertz CT molecular complexity index is 832. The van der Waals surface area contributed by atoms with Gasteiger partial charge in [0.1, 0.15) is 5.82 Å². The minimum Gasteiger partial charge on any atom is -0.479 e. The quantitative estimate of drug-likeness (QED) is 0.644. The Balaban J connectivity index is 2.18. The summed E-state index contributed by atoms with van der Waals surface area (Å²) in [7, 11) is 1.53. The summed E-state index contributed by atoms with van der Waals surface area (Å²) in [5.74, 6) is -2.29. The first-order chi connectivity index (χ1) is 13.3. The molecule has 1 atom stereocenters. The Kier molecular flexibility index (Phi) is 7.66. The van der Waals surface area contributed by atoms with Gasteiger partial charge >= 0.3 is 5.97 Å². The second kappa shape index (κ2) is 9.96. The van der Waals surface area contributed by atoms with E-state index in [1.54, 1.807) is 12.1 Å². The summed E-state index contributed by atoms with van der Waals surface area (Å²) in [6.07, 6.45) is 0. The molecule has 0 aliphatic carbocycles. The van der Waals surface area contributed by atoms with E-state index in [0.717, 1.165) is 17.2 Å². The molecule has 0 saturated carbocycles.